The predicted molar refractivity (Wildman–Crippen MR) is 101 cm³/mol. The molecule has 27 heavy (non-hydrogen) atoms. The van der Waals surface area contributed by atoms with Crippen molar-refractivity contribution in [3.63, 3.8) is 0 Å². The van der Waals surface area contributed by atoms with E-state index in [1.54, 1.807) is 12.4 Å². The average molecular weight is 363 g/mol. The largest absolute Gasteiger partial charge is 0.492 e. The van der Waals surface area contributed by atoms with Gasteiger partial charge in [0.05, 0.1) is 23.6 Å². The topological polar surface area (TPSA) is 66.2 Å². The molecule has 6 nitrogen and oxygen atoms in total. The van der Waals surface area contributed by atoms with Crippen molar-refractivity contribution in [2.75, 3.05) is 6.61 Å². The molecule has 0 saturated carbocycles. The summed E-state index contributed by atoms with van der Waals surface area (Å²) >= 11 is 0. The zero-order valence-electron chi connectivity index (χ0n) is 15.4. The quantitative estimate of drug-likeness (QED) is 0.622. The Bertz CT molecular complexity index is 979. The van der Waals surface area contributed by atoms with Crippen LogP contribution in [-0.2, 0) is 13.0 Å². The molecule has 1 aliphatic rings. The molecule has 3 aromatic rings. The van der Waals surface area contributed by atoms with E-state index in [0.29, 0.717) is 30.3 Å². The van der Waals surface area contributed by atoms with Crippen molar-refractivity contribution in [1.29, 1.82) is 0 Å². The molecule has 3 heterocycles. The second kappa shape index (κ2) is 7.23. The van der Waals surface area contributed by atoms with Crippen molar-refractivity contribution in [3.8, 4) is 22.9 Å². The zero-order valence-corrected chi connectivity index (χ0v) is 15.4. The smallest absolute Gasteiger partial charge is 0.157 e. The van der Waals surface area contributed by atoms with Gasteiger partial charge < -0.3 is 9.47 Å². The number of rotatable bonds is 6. The Kier molecular flexibility index (Phi) is 4.62. The molecule has 0 spiro atoms. The monoisotopic (exact) mass is 363 g/mol. The van der Waals surface area contributed by atoms with Gasteiger partial charge in [-0.3, -0.25) is 14.5 Å². The molecule has 2 aromatic heterocycles. The first-order chi connectivity index (χ1) is 13.2. The van der Waals surface area contributed by atoms with E-state index in [-0.39, 0.29) is 6.04 Å². The van der Waals surface area contributed by atoms with E-state index in [4.69, 9.17) is 9.47 Å². The van der Waals surface area contributed by atoms with E-state index >= 15 is 0 Å². The van der Waals surface area contributed by atoms with Crippen LogP contribution in [0.1, 0.15) is 41.4 Å². The minimum Gasteiger partial charge on any atom is -0.492 e. The van der Waals surface area contributed by atoms with Gasteiger partial charge in [-0.05, 0) is 37.6 Å². The number of aldehydes is 1. The van der Waals surface area contributed by atoms with E-state index in [2.05, 4.69) is 23.9 Å². The predicted octanol–water partition coefficient (Wildman–Crippen LogP) is 3.85. The van der Waals surface area contributed by atoms with Gasteiger partial charge in [0.1, 0.15) is 18.1 Å². The number of hydrogen-bond acceptors (Lipinski definition) is 5. The molecule has 0 radical (unpaired) electrons. The van der Waals surface area contributed by atoms with Crippen LogP contribution in [0.4, 0.5) is 0 Å². The van der Waals surface area contributed by atoms with Crippen molar-refractivity contribution >= 4 is 6.29 Å². The zero-order chi connectivity index (χ0) is 18.8. The molecule has 0 saturated heterocycles. The molecule has 1 aromatic carbocycles. The molecule has 0 unspecified atom stereocenters. The van der Waals surface area contributed by atoms with Crippen molar-refractivity contribution in [2.45, 2.75) is 32.9 Å². The molecule has 0 N–H and O–H groups in total. The number of hydrogen-bond donors (Lipinski definition) is 0. The summed E-state index contributed by atoms with van der Waals surface area (Å²) in [6.45, 7) is 5.06. The number of ether oxygens (including phenoxy) is 2. The third-order valence-corrected chi connectivity index (χ3v) is 4.65. The maximum absolute atomic E-state index is 11.6. The third-order valence-electron chi connectivity index (χ3n) is 4.65. The van der Waals surface area contributed by atoms with Crippen LogP contribution in [0, 0.1) is 0 Å². The van der Waals surface area contributed by atoms with Crippen LogP contribution in [0.5, 0.6) is 11.5 Å². The summed E-state index contributed by atoms with van der Waals surface area (Å²) in [5.41, 5.74) is 4.22. The van der Waals surface area contributed by atoms with E-state index in [0.717, 1.165) is 35.2 Å². The van der Waals surface area contributed by atoms with Gasteiger partial charge >= 0.3 is 0 Å². The fourth-order valence-corrected chi connectivity index (χ4v) is 3.35. The van der Waals surface area contributed by atoms with Gasteiger partial charge in [-0.2, -0.15) is 5.10 Å². The number of pyridine rings is 1. The Balaban J connectivity index is 1.64. The summed E-state index contributed by atoms with van der Waals surface area (Å²) in [5, 5.41) is 4.39. The number of carbonyl (C=O) groups is 1. The first-order valence-corrected chi connectivity index (χ1v) is 9.03. The highest BCUT2D eigenvalue weighted by Gasteiger charge is 2.20. The minimum absolute atomic E-state index is 0.223. The number of carbonyl (C=O) groups excluding carboxylic acids is 1. The maximum atomic E-state index is 11.6. The van der Waals surface area contributed by atoms with Crippen LogP contribution in [-0.4, -0.2) is 27.7 Å². The molecular weight excluding hydrogens is 342 g/mol. The molecule has 4 rings (SSSR count). The lowest BCUT2D eigenvalue weighted by atomic mass is 10.1. The Hall–Kier alpha value is -3.15. The second-order valence-corrected chi connectivity index (χ2v) is 6.74. The van der Waals surface area contributed by atoms with Crippen LogP contribution < -0.4 is 9.47 Å². The van der Waals surface area contributed by atoms with Crippen molar-refractivity contribution in [2.24, 2.45) is 0 Å². The molecule has 0 fully saturated rings. The normalized spacial score (nSPS) is 12.7. The van der Waals surface area contributed by atoms with Crippen LogP contribution in [0.25, 0.3) is 11.4 Å². The molecule has 0 bridgehead atoms. The van der Waals surface area contributed by atoms with Crippen LogP contribution in [0.15, 0.2) is 42.7 Å². The lowest BCUT2D eigenvalue weighted by molar-refractivity contribution is 0.111. The van der Waals surface area contributed by atoms with E-state index in [1.165, 1.54) is 0 Å². The first kappa shape index (κ1) is 17.3. The fraction of sp³-hybridized carbons (Fsp3) is 0.286. The van der Waals surface area contributed by atoms with Crippen molar-refractivity contribution < 1.29 is 14.3 Å². The summed E-state index contributed by atoms with van der Waals surface area (Å²) in [4.78, 5) is 16.1. The lowest BCUT2D eigenvalue weighted by Crippen LogP contribution is -2.08. The number of aromatic nitrogens is 3. The molecule has 138 valence electrons. The lowest BCUT2D eigenvalue weighted by Gasteiger charge is -2.15. The van der Waals surface area contributed by atoms with Crippen molar-refractivity contribution in [3.05, 3.63) is 59.4 Å². The Morgan fingerprint density at radius 1 is 1.26 bits per heavy atom. The summed E-state index contributed by atoms with van der Waals surface area (Å²) in [7, 11) is 0. The van der Waals surface area contributed by atoms with E-state index in [9.17, 15) is 4.79 Å². The maximum Gasteiger partial charge on any atom is 0.157 e. The van der Waals surface area contributed by atoms with Crippen molar-refractivity contribution in [1.82, 2.24) is 14.8 Å². The molecular formula is C21H21N3O3. The van der Waals surface area contributed by atoms with E-state index in [1.807, 2.05) is 35.0 Å². The van der Waals surface area contributed by atoms with E-state index < -0.39 is 0 Å². The third kappa shape index (κ3) is 3.18. The first-order valence-electron chi connectivity index (χ1n) is 9.03. The highest BCUT2D eigenvalue weighted by atomic mass is 16.5. The number of nitrogens with zero attached hydrogens (tertiary/aromatic N) is 3. The second-order valence-electron chi connectivity index (χ2n) is 6.74. The highest BCUT2D eigenvalue weighted by molar-refractivity contribution is 5.85. The van der Waals surface area contributed by atoms with Crippen LogP contribution >= 0.6 is 0 Å². The summed E-state index contributed by atoms with van der Waals surface area (Å²) < 4.78 is 13.5. The molecule has 0 amide bonds. The van der Waals surface area contributed by atoms with Gasteiger partial charge in [0.25, 0.3) is 0 Å². The standard InChI is InChI=1S/C21H21N3O3/c1-14(2)24-18(7-10-23-24)20-16(4-3-9-22-20)13-27-19-6-5-15-8-11-26-21(15)17(19)12-25/h3-7,9-10,12,14H,8,11,13H2,1-2H3. The van der Waals surface area contributed by atoms with Gasteiger partial charge in [-0.1, -0.05) is 12.1 Å². The molecule has 0 atom stereocenters. The Morgan fingerprint density at radius 2 is 2.15 bits per heavy atom. The van der Waals surface area contributed by atoms with Crippen LogP contribution in [0.2, 0.25) is 0 Å². The van der Waals surface area contributed by atoms with Gasteiger partial charge in [0.2, 0.25) is 0 Å². The number of fused-ring (bicyclic) bond motifs is 1. The molecule has 0 aliphatic carbocycles. The summed E-state index contributed by atoms with van der Waals surface area (Å²) in [6, 6.07) is 9.83. The summed E-state index contributed by atoms with van der Waals surface area (Å²) in [5.74, 6) is 1.17. The average Bonchev–Trinajstić information content (AvgIpc) is 3.35. The van der Waals surface area contributed by atoms with Crippen LogP contribution in [0.3, 0.4) is 0 Å². The minimum atomic E-state index is 0.223. The van der Waals surface area contributed by atoms with Gasteiger partial charge in [-0.15, -0.1) is 0 Å². The SMILES string of the molecule is CC(C)n1nccc1-c1ncccc1COc1ccc2c(c1C=O)OCC2. The molecule has 1 aliphatic heterocycles. The highest BCUT2D eigenvalue weighted by Crippen LogP contribution is 2.35. The van der Waals surface area contributed by atoms with Gasteiger partial charge in [0.15, 0.2) is 6.29 Å². The molecule has 6 heteroatoms. The number of benzene rings is 1. The Labute approximate surface area is 157 Å². The van der Waals surface area contributed by atoms with Gasteiger partial charge in [-0.25, -0.2) is 0 Å². The fourth-order valence-electron chi connectivity index (χ4n) is 3.35. The van der Waals surface area contributed by atoms with Gasteiger partial charge in [0, 0.05) is 30.4 Å². The Morgan fingerprint density at radius 3 is 2.96 bits per heavy atom. The summed E-state index contributed by atoms with van der Waals surface area (Å²) in [6.07, 6.45) is 5.16.